The van der Waals surface area contributed by atoms with E-state index in [2.05, 4.69) is 11.9 Å². The first kappa shape index (κ1) is 8.48. The minimum absolute atomic E-state index is 0.285. The Balaban J connectivity index is 2.08. The quantitative estimate of drug-likeness (QED) is 0.558. The summed E-state index contributed by atoms with van der Waals surface area (Å²) in [4.78, 5) is 2.32. The topological polar surface area (TPSA) is 38.5 Å². The second kappa shape index (κ2) is 2.98. The van der Waals surface area contributed by atoms with Crippen LogP contribution >= 0.6 is 0 Å². The van der Waals surface area contributed by atoms with E-state index < -0.39 is 0 Å². The Labute approximate surface area is 73.9 Å². The van der Waals surface area contributed by atoms with E-state index in [4.69, 9.17) is 10.5 Å². The lowest BCUT2D eigenvalue weighted by atomic mass is 9.79. The number of hydrogen-bond donors (Lipinski definition) is 1. The van der Waals surface area contributed by atoms with Crippen molar-refractivity contribution in [2.24, 2.45) is 11.1 Å². The van der Waals surface area contributed by atoms with Gasteiger partial charge >= 0.3 is 0 Å². The van der Waals surface area contributed by atoms with Crippen LogP contribution in [0.5, 0.6) is 0 Å². The van der Waals surface area contributed by atoms with Gasteiger partial charge < -0.3 is 15.4 Å². The third-order valence-electron chi connectivity index (χ3n) is 3.23. The predicted octanol–water partition coefficient (Wildman–Crippen LogP) is 0.0559. The molecule has 3 nitrogen and oxygen atoms in total. The van der Waals surface area contributed by atoms with Gasteiger partial charge in [-0.3, -0.25) is 0 Å². The van der Waals surface area contributed by atoms with Gasteiger partial charge in [0.05, 0.1) is 6.61 Å². The fourth-order valence-corrected chi connectivity index (χ4v) is 2.54. The molecule has 0 aromatic carbocycles. The zero-order valence-corrected chi connectivity index (χ0v) is 7.75. The maximum Gasteiger partial charge on any atom is 0.0550 e. The molecular formula is C9H18N2O. The molecule has 2 aliphatic heterocycles. The van der Waals surface area contributed by atoms with Crippen LogP contribution in [0.25, 0.3) is 0 Å². The Morgan fingerprint density at radius 2 is 2.42 bits per heavy atom. The summed E-state index contributed by atoms with van der Waals surface area (Å²) in [5, 5.41) is 0. The molecule has 0 saturated carbocycles. The average Bonchev–Trinajstić information content (AvgIpc) is 2.29. The van der Waals surface area contributed by atoms with Crippen molar-refractivity contribution in [1.82, 2.24) is 4.90 Å². The molecule has 2 heterocycles. The van der Waals surface area contributed by atoms with Crippen LogP contribution in [-0.4, -0.2) is 44.3 Å². The number of likely N-dealkylation sites (N-methyl/N-ethyl adjacent to an activating group) is 1. The van der Waals surface area contributed by atoms with E-state index in [0.717, 1.165) is 26.3 Å². The zero-order valence-electron chi connectivity index (χ0n) is 7.75. The number of hydrogen-bond acceptors (Lipinski definition) is 3. The summed E-state index contributed by atoms with van der Waals surface area (Å²) in [5.41, 5.74) is 6.40. The maximum atomic E-state index is 6.11. The van der Waals surface area contributed by atoms with Crippen LogP contribution in [0.2, 0.25) is 0 Å². The van der Waals surface area contributed by atoms with Crippen LogP contribution in [0.1, 0.15) is 12.8 Å². The summed E-state index contributed by atoms with van der Waals surface area (Å²) < 4.78 is 5.52. The molecule has 2 unspecified atom stereocenters. The lowest BCUT2D eigenvalue weighted by Gasteiger charge is -2.36. The summed E-state index contributed by atoms with van der Waals surface area (Å²) in [6.45, 7) is 3.95. The molecule has 2 fully saturated rings. The van der Waals surface area contributed by atoms with Gasteiger partial charge in [0.25, 0.3) is 0 Å². The van der Waals surface area contributed by atoms with Gasteiger partial charge in [0.15, 0.2) is 0 Å². The average molecular weight is 170 g/mol. The van der Waals surface area contributed by atoms with Crippen molar-refractivity contribution < 1.29 is 4.74 Å². The molecule has 2 saturated heterocycles. The summed E-state index contributed by atoms with van der Waals surface area (Å²) in [7, 11) is 2.14. The monoisotopic (exact) mass is 170 g/mol. The van der Waals surface area contributed by atoms with Crippen molar-refractivity contribution in [3.63, 3.8) is 0 Å². The van der Waals surface area contributed by atoms with Crippen LogP contribution in [0, 0.1) is 5.41 Å². The molecule has 3 heteroatoms. The third kappa shape index (κ3) is 1.26. The third-order valence-corrected chi connectivity index (χ3v) is 3.23. The molecule has 2 N–H and O–H groups in total. The van der Waals surface area contributed by atoms with Crippen LogP contribution < -0.4 is 5.73 Å². The summed E-state index contributed by atoms with van der Waals surface area (Å²) in [6, 6.07) is 0.322. The van der Waals surface area contributed by atoms with E-state index in [1.165, 1.54) is 12.8 Å². The zero-order chi connectivity index (χ0) is 8.60. The summed E-state index contributed by atoms with van der Waals surface area (Å²) >= 11 is 0. The first-order valence-electron chi connectivity index (χ1n) is 4.75. The highest BCUT2D eigenvalue weighted by Gasteiger charge is 2.44. The minimum atomic E-state index is 0.285. The Hall–Kier alpha value is -0.120. The largest absolute Gasteiger partial charge is 0.381 e. The van der Waals surface area contributed by atoms with Gasteiger partial charge in [-0.05, 0) is 19.9 Å². The lowest BCUT2D eigenvalue weighted by molar-refractivity contribution is -0.00798. The van der Waals surface area contributed by atoms with E-state index in [1.807, 2.05) is 0 Å². The molecule has 0 aromatic heterocycles. The second-order valence-electron chi connectivity index (χ2n) is 4.32. The number of nitrogens with two attached hydrogens (primary N) is 1. The van der Waals surface area contributed by atoms with E-state index in [-0.39, 0.29) is 5.41 Å². The van der Waals surface area contributed by atoms with Crippen molar-refractivity contribution in [1.29, 1.82) is 0 Å². The van der Waals surface area contributed by atoms with Gasteiger partial charge in [-0.1, -0.05) is 0 Å². The first-order chi connectivity index (χ1) is 5.73. The highest BCUT2D eigenvalue weighted by atomic mass is 16.5. The van der Waals surface area contributed by atoms with Gasteiger partial charge in [-0.25, -0.2) is 0 Å². The number of ether oxygens (including phenoxy) is 1. The molecule has 0 aromatic rings. The van der Waals surface area contributed by atoms with E-state index in [0.29, 0.717) is 6.04 Å². The molecule has 2 rings (SSSR count). The van der Waals surface area contributed by atoms with Crippen LogP contribution in [0.3, 0.4) is 0 Å². The Morgan fingerprint density at radius 1 is 1.58 bits per heavy atom. The molecule has 0 radical (unpaired) electrons. The van der Waals surface area contributed by atoms with Crippen molar-refractivity contribution in [3.8, 4) is 0 Å². The molecule has 0 aliphatic carbocycles. The number of nitrogens with zero attached hydrogens (tertiary/aromatic N) is 1. The Morgan fingerprint density at radius 3 is 2.92 bits per heavy atom. The molecule has 0 bridgehead atoms. The van der Waals surface area contributed by atoms with E-state index >= 15 is 0 Å². The van der Waals surface area contributed by atoms with Crippen molar-refractivity contribution in [3.05, 3.63) is 0 Å². The molecule has 1 spiro atoms. The molecule has 2 atom stereocenters. The molecule has 70 valence electrons. The molecule has 0 amide bonds. The fraction of sp³-hybridized carbons (Fsp3) is 1.00. The second-order valence-corrected chi connectivity index (χ2v) is 4.32. The molecular weight excluding hydrogens is 152 g/mol. The standard InChI is InChI=1S/C9H18N2O/c1-11-5-8(10)9(6-11)3-2-4-12-7-9/h8H,2-7,10H2,1H3. The molecule has 12 heavy (non-hydrogen) atoms. The van der Waals surface area contributed by atoms with Gasteiger partial charge in [-0.15, -0.1) is 0 Å². The van der Waals surface area contributed by atoms with E-state index in [1.54, 1.807) is 0 Å². The predicted molar refractivity (Wildman–Crippen MR) is 48.0 cm³/mol. The lowest BCUT2D eigenvalue weighted by Crippen LogP contribution is -2.46. The molecule has 2 aliphatic rings. The van der Waals surface area contributed by atoms with Crippen LogP contribution in [0.4, 0.5) is 0 Å². The first-order valence-corrected chi connectivity index (χ1v) is 4.75. The van der Waals surface area contributed by atoms with Crippen molar-refractivity contribution in [2.75, 3.05) is 33.4 Å². The van der Waals surface area contributed by atoms with Gasteiger partial charge in [0, 0.05) is 31.2 Å². The fourth-order valence-electron chi connectivity index (χ4n) is 2.54. The summed E-state index contributed by atoms with van der Waals surface area (Å²) in [5.74, 6) is 0. The Kier molecular flexibility index (Phi) is 2.10. The summed E-state index contributed by atoms with van der Waals surface area (Å²) in [6.07, 6.45) is 2.43. The normalized spacial score (nSPS) is 44.0. The SMILES string of the molecule is CN1CC(N)C2(CCCOC2)C1. The van der Waals surface area contributed by atoms with Gasteiger partial charge in [0.2, 0.25) is 0 Å². The van der Waals surface area contributed by atoms with E-state index in [9.17, 15) is 0 Å². The highest BCUT2D eigenvalue weighted by molar-refractivity contribution is 4.99. The van der Waals surface area contributed by atoms with Gasteiger partial charge in [-0.2, -0.15) is 0 Å². The highest BCUT2D eigenvalue weighted by Crippen LogP contribution is 2.36. The van der Waals surface area contributed by atoms with Gasteiger partial charge in [0.1, 0.15) is 0 Å². The smallest absolute Gasteiger partial charge is 0.0550 e. The van der Waals surface area contributed by atoms with Crippen molar-refractivity contribution in [2.45, 2.75) is 18.9 Å². The number of rotatable bonds is 0. The Bertz CT molecular complexity index is 166. The minimum Gasteiger partial charge on any atom is -0.381 e. The van der Waals surface area contributed by atoms with Crippen LogP contribution in [0.15, 0.2) is 0 Å². The number of likely N-dealkylation sites (tertiary alicyclic amines) is 1. The van der Waals surface area contributed by atoms with Crippen molar-refractivity contribution >= 4 is 0 Å². The van der Waals surface area contributed by atoms with Crippen LogP contribution in [-0.2, 0) is 4.74 Å². The maximum absolute atomic E-state index is 6.11.